The number of urea groups is 1. The molecule has 232 valence electrons. The second-order valence-electron chi connectivity index (χ2n) is 10.2. The van der Waals surface area contributed by atoms with Gasteiger partial charge in [-0.25, -0.2) is 18.9 Å². The molecule has 3 aromatic carbocycles. The number of hydrogen-bond donors (Lipinski definition) is 1. The van der Waals surface area contributed by atoms with E-state index in [9.17, 15) is 27.2 Å². The maximum absolute atomic E-state index is 14.3. The summed E-state index contributed by atoms with van der Waals surface area (Å²) in [7, 11) is 0. The summed E-state index contributed by atoms with van der Waals surface area (Å²) in [5.74, 6) is -0.544. The Morgan fingerprint density at radius 3 is 2.47 bits per heavy atom. The summed E-state index contributed by atoms with van der Waals surface area (Å²) < 4.78 is 56.7. The van der Waals surface area contributed by atoms with Crippen LogP contribution in [0, 0.1) is 12.7 Å². The molecule has 14 heteroatoms. The molecule has 5 rings (SSSR count). The zero-order chi connectivity index (χ0) is 32.3. The largest absolute Gasteiger partial charge is 0.573 e. The normalized spacial score (nSPS) is 14.6. The van der Waals surface area contributed by atoms with Crippen LogP contribution in [0.2, 0.25) is 0 Å². The van der Waals surface area contributed by atoms with Gasteiger partial charge in [-0.2, -0.15) is 4.99 Å². The predicted molar refractivity (Wildman–Crippen MR) is 165 cm³/mol. The fourth-order valence-electron chi connectivity index (χ4n) is 4.38. The molecule has 45 heavy (non-hydrogen) atoms. The lowest BCUT2D eigenvalue weighted by Crippen LogP contribution is -2.31. The first-order valence-electron chi connectivity index (χ1n) is 13.6. The molecule has 2 heterocycles. The number of carbonyl (C=O) groups is 2. The van der Waals surface area contributed by atoms with Gasteiger partial charge in [0.05, 0.1) is 17.1 Å². The Labute approximate surface area is 259 Å². The molecule has 4 aromatic rings. The standard InChI is InChI=1S/C31H26F4N6O3S/c1-18(2)24-15-25(32)19(3)14-26(24)41-28(42)16-45-30(41)38-29(43)37-21-7-4-20(5-8-21)6-13-27-36-17-40(39-27)22-9-11-23(12-10-22)44-31(33,34)35/h4-15,17-18H,16H2,1-3H3,(H,37,43)/b13-6+,38-30-. The zero-order valence-corrected chi connectivity index (χ0v) is 25.0. The number of aryl methyl sites for hydroxylation is 1. The topological polar surface area (TPSA) is 102 Å². The highest BCUT2D eigenvalue weighted by atomic mass is 32.2. The number of thioether (sulfide) groups is 1. The van der Waals surface area contributed by atoms with E-state index in [4.69, 9.17) is 0 Å². The highest BCUT2D eigenvalue weighted by Gasteiger charge is 2.33. The van der Waals surface area contributed by atoms with Crippen molar-refractivity contribution in [2.75, 3.05) is 16.0 Å². The average molecular weight is 639 g/mol. The first-order chi connectivity index (χ1) is 21.4. The van der Waals surface area contributed by atoms with Crippen LogP contribution in [0.3, 0.4) is 0 Å². The van der Waals surface area contributed by atoms with Gasteiger partial charge in [0.25, 0.3) is 0 Å². The molecule has 1 aliphatic rings. The quantitative estimate of drug-likeness (QED) is 0.210. The predicted octanol–water partition coefficient (Wildman–Crippen LogP) is 7.58. The van der Waals surface area contributed by atoms with Crippen LogP contribution >= 0.6 is 11.8 Å². The number of carbonyl (C=O) groups excluding carboxylic acids is 2. The van der Waals surface area contributed by atoms with Crippen LogP contribution in [0.4, 0.5) is 33.7 Å². The monoisotopic (exact) mass is 638 g/mol. The van der Waals surface area contributed by atoms with Gasteiger partial charge in [0.15, 0.2) is 11.0 Å². The van der Waals surface area contributed by atoms with Crippen molar-refractivity contribution in [2.45, 2.75) is 33.1 Å². The van der Waals surface area contributed by atoms with Gasteiger partial charge >= 0.3 is 12.4 Å². The fraction of sp³-hybridized carbons (Fsp3) is 0.194. The molecule has 0 bridgehead atoms. The lowest BCUT2D eigenvalue weighted by Gasteiger charge is -2.22. The minimum atomic E-state index is -4.77. The number of anilines is 2. The van der Waals surface area contributed by atoms with Gasteiger partial charge in [0, 0.05) is 5.69 Å². The lowest BCUT2D eigenvalue weighted by atomic mass is 9.98. The molecule has 1 aliphatic heterocycles. The van der Waals surface area contributed by atoms with Gasteiger partial charge < -0.3 is 10.1 Å². The molecule has 1 aromatic heterocycles. The molecular weight excluding hydrogens is 612 g/mol. The summed E-state index contributed by atoms with van der Waals surface area (Å²) in [6.07, 6.45) is 0.0639. The Balaban J connectivity index is 1.23. The number of nitrogens with one attached hydrogen (secondary N) is 1. The molecule has 0 aliphatic carbocycles. The van der Waals surface area contributed by atoms with Crippen LogP contribution in [0.15, 0.2) is 72.0 Å². The molecule has 0 atom stereocenters. The molecule has 3 amide bonds. The van der Waals surface area contributed by atoms with Gasteiger partial charge in [-0.15, -0.1) is 18.3 Å². The molecule has 1 N–H and O–H groups in total. The number of ether oxygens (including phenoxy) is 1. The molecule has 1 fully saturated rings. The van der Waals surface area contributed by atoms with Crippen molar-refractivity contribution in [1.29, 1.82) is 0 Å². The maximum atomic E-state index is 14.3. The summed E-state index contributed by atoms with van der Waals surface area (Å²) in [6.45, 7) is 5.41. The highest BCUT2D eigenvalue weighted by Crippen LogP contribution is 2.35. The number of hydrogen-bond acceptors (Lipinski definition) is 6. The summed E-state index contributed by atoms with van der Waals surface area (Å²) in [4.78, 5) is 35.2. The van der Waals surface area contributed by atoms with Crippen molar-refractivity contribution in [3.63, 3.8) is 0 Å². The minimum Gasteiger partial charge on any atom is -0.406 e. The smallest absolute Gasteiger partial charge is 0.406 e. The Bertz CT molecular complexity index is 1780. The van der Waals surface area contributed by atoms with Crippen molar-refractivity contribution in [3.05, 3.63) is 95.3 Å². The first kappa shape index (κ1) is 31.4. The summed E-state index contributed by atoms with van der Waals surface area (Å²) in [6, 6.07) is 14.4. The third-order valence-corrected chi connectivity index (χ3v) is 7.49. The average Bonchev–Trinajstić information content (AvgIpc) is 3.60. The van der Waals surface area contributed by atoms with Crippen molar-refractivity contribution in [2.24, 2.45) is 4.99 Å². The van der Waals surface area contributed by atoms with Crippen LogP contribution in [0.1, 0.15) is 42.3 Å². The van der Waals surface area contributed by atoms with E-state index in [2.05, 4.69) is 25.1 Å². The molecular formula is C31H26F4N6O3S. The molecule has 1 saturated heterocycles. The van der Waals surface area contributed by atoms with Crippen molar-refractivity contribution < 1.29 is 31.9 Å². The third-order valence-electron chi connectivity index (χ3n) is 6.56. The van der Waals surface area contributed by atoms with Crippen LogP contribution in [0.25, 0.3) is 17.8 Å². The minimum absolute atomic E-state index is 0.0647. The van der Waals surface area contributed by atoms with Gasteiger partial charge in [-0.3, -0.25) is 9.69 Å². The number of amidine groups is 1. The van der Waals surface area contributed by atoms with Crippen LogP contribution < -0.4 is 15.0 Å². The van der Waals surface area contributed by atoms with Gasteiger partial charge in [-0.05, 0) is 84.1 Å². The molecule has 0 saturated carbocycles. The maximum Gasteiger partial charge on any atom is 0.573 e. The van der Waals surface area contributed by atoms with E-state index in [1.165, 1.54) is 46.2 Å². The second-order valence-corrected chi connectivity index (χ2v) is 11.1. The zero-order valence-electron chi connectivity index (χ0n) is 24.2. The van der Waals surface area contributed by atoms with E-state index < -0.39 is 12.4 Å². The molecule has 9 nitrogen and oxygen atoms in total. The van der Waals surface area contributed by atoms with Crippen molar-refractivity contribution in [1.82, 2.24) is 14.8 Å². The highest BCUT2D eigenvalue weighted by molar-refractivity contribution is 8.15. The van der Waals surface area contributed by atoms with Crippen molar-refractivity contribution >= 4 is 52.4 Å². The number of aromatic nitrogens is 3. The van der Waals surface area contributed by atoms with E-state index >= 15 is 0 Å². The fourth-order valence-corrected chi connectivity index (χ4v) is 5.24. The second kappa shape index (κ2) is 12.9. The molecule has 0 radical (unpaired) electrons. The molecule has 0 spiro atoms. The number of alkyl halides is 3. The van der Waals surface area contributed by atoms with E-state index in [0.717, 1.165) is 17.3 Å². The van der Waals surface area contributed by atoms with E-state index in [1.54, 1.807) is 49.4 Å². The van der Waals surface area contributed by atoms with E-state index in [0.29, 0.717) is 34.0 Å². The SMILES string of the molecule is Cc1cc(N2C(=O)CS/C2=N\C(=O)Nc2ccc(/C=C/c3ncn(-c4ccc(OC(F)(F)F)cc4)n3)cc2)c(C(C)C)cc1F. The number of aliphatic imine (C=N–C) groups is 1. The Kier molecular flexibility index (Phi) is 9.04. The van der Waals surface area contributed by atoms with E-state index in [1.807, 2.05) is 13.8 Å². The van der Waals surface area contributed by atoms with Crippen LogP contribution in [0.5, 0.6) is 5.75 Å². The van der Waals surface area contributed by atoms with Crippen LogP contribution in [-0.2, 0) is 4.79 Å². The summed E-state index contributed by atoms with van der Waals surface area (Å²) >= 11 is 1.13. The van der Waals surface area contributed by atoms with Gasteiger partial charge in [0.2, 0.25) is 5.91 Å². The Morgan fingerprint density at radius 2 is 1.80 bits per heavy atom. The lowest BCUT2D eigenvalue weighted by molar-refractivity contribution is -0.274. The van der Waals surface area contributed by atoms with Crippen molar-refractivity contribution in [3.8, 4) is 11.4 Å². The van der Waals surface area contributed by atoms with Crippen LogP contribution in [-0.4, -0.2) is 44.0 Å². The number of benzene rings is 3. The molecule has 0 unspecified atom stereocenters. The van der Waals surface area contributed by atoms with Gasteiger partial charge in [-0.1, -0.05) is 43.8 Å². The third kappa shape index (κ3) is 7.76. The number of halogens is 4. The van der Waals surface area contributed by atoms with Gasteiger partial charge in [0.1, 0.15) is 17.9 Å². The number of nitrogens with zero attached hydrogens (tertiary/aromatic N) is 5. The number of amides is 3. The first-order valence-corrected chi connectivity index (χ1v) is 14.6. The Morgan fingerprint density at radius 1 is 1.09 bits per heavy atom. The summed E-state index contributed by atoms with van der Waals surface area (Å²) in [5, 5.41) is 7.20. The van der Waals surface area contributed by atoms with E-state index in [-0.39, 0.29) is 34.3 Å². The Hall–Kier alpha value is -4.98. The number of rotatable bonds is 7. The summed E-state index contributed by atoms with van der Waals surface area (Å²) in [5.41, 5.74) is 3.28.